The molecule has 0 aliphatic carbocycles. The van der Waals surface area contributed by atoms with E-state index in [2.05, 4.69) is 0 Å². The lowest BCUT2D eigenvalue weighted by atomic mass is 10.1. The summed E-state index contributed by atoms with van der Waals surface area (Å²) in [5, 5.41) is 0.716. The van der Waals surface area contributed by atoms with Crippen LogP contribution in [-0.2, 0) is 24.0 Å². The van der Waals surface area contributed by atoms with Gasteiger partial charge in [-0.25, -0.2) is 0 Å². The van der Waals surface area contributed by atoms with E-state index >= 15 is 0 Å². The van der Waals surface area contributed by atoms with Crippen molar-refractivity contribution in [3.8, 4) is 0 Å². The molecule has 0 radical (unpaired) electrons. The Bertz CT molecular complexity index is 587. The zero-order chi connectivity index (χ0) is 16.3. The van der Waals surface area contributed by atoms with Crippen molar-refractivity contribution in [1.82, 2.24) is 5.23 Å². The van der Waals surface area contributed by atoms with Gasteiger partial charge >= 0.3 is 16.1 Å². The van der Waals surface area contributed by atoms with E-state index in [4.69, 9.17) is 9.12 Å². The Morgan fingerprint density at radius 3 is 2.14 bits per heavy atom. The number of hydrogen-bond acceptors (Lipinski definition) is 6. The van der Waals surface area contributed by atoms with Gasteiger partial charge in [-0.3, -0.25) is 4.79 Å². The molecule has 1 aromatic rings. The maximum absolute atomic E-state index is 12.2. The fourth-order valence-electron chi connectivity index (χ4n) is 1.26. The molecule has 0 saturated carbocycles. The number of hydroxylamine groups is 2. The summed E-state index contributed by atoms with van der Waals surface area (Å²) in [7, 11) is -4.06. The summed E-state index contributed by atoms with van der Waals surface area (Å²) >= 11 is 0. The summed E-state index contributed by atoms with van der Waals surface area (Å²) in [6.07, 6.45) is 0.112. The normalized spacial score (nSPS) is 12.5. The van der Waals surface area contributed by atoms with E-state index in [0.717, 1.165) is 5.56 Å². The van der Waals surface area contributed by atoms with Crippen molar-refractivity contribution in [3.63, 3.8) is 0 Å². The van der Waals surface area contributed by atoms with Gasteiger partial charge in [0, 0.05) is 11.6 Å². The Hall–Kier alpha value is -1.44. The van der Waals surface area contributed by atoms with Gasteiger partial charge < -0.3 is 4.84 Å². The Kier molecular flexibility index (Phi) is 5.49. The molecule has 0 saturated heterocycles. The fraction of sp³-hybridized carbons (Fsp3) is 0.500. The third-order valence-electron chi connectivity index (χ3n) is 2.50. The lowest BCUT2D eigenvalue weighted by Crippen LogP contribution is -2.44. The molecule has 0 amide bonds. The summed E-state index contributed by atoms with van der Waals surface area (Å²) in [5.74, 6) is -0.580. The molecule has 21 heavy (non-hydrogen) atoms. The molecular formula is C14H21NO5S. The molecule has 0 spiro atoms. The Balaban J connectivity index is 3.01. The first kappa shape index (κ1) is 17.6. The molecule has 7 heteroatoms. The van der Waals surface area contributed by atoms with Gasteiger partial charge in [-0.15, -0.1) is 4.28 Å². The fourth-order valence-corrected chi connectivity index (χ4v) is 2.25. The van der Waals surface area contributed by atoms with E-state index in [1.165, 1.54) is 12.1 Å². The Morgan fingerprint density at radius 1 is 1.19 bits per heavy atom. The van der Waals surface area contributed by atoms with Crippen molar-refractivity contribution in [3.05, 3.63) is 29.8 Å². The van der Waals surface area contributed by atoms with Gasteiger partial charge in [-0.1, -0.05) is 24.6 Å². The molecule has 1 rings (SSSR count). The van der Waals surface area contributed by atoms with Crippen LogP contribution in [0.5, 0.6) is 0 Å². The van der Waals surface area contributed by atoms with E-state index in [1.54, 1.807) is 39.8 Å². The summed E-state index contributed by atoms with van der Waals surface area (Å²) in [4.78, 5) is 16.3. The average molecular weight is 315 g/mol. The first-order chi connectivity index (χ1) is 9.56. The molecule has 0 atom stereocenters. The van der Waals surface area contributed by atoms with Crippen LogP contribution in [0.3, 0.4) is 0 Å². The minimum atomic E-state index is -4.06. The Morgan fingerprint density at radius 2 is 1.71 bits per heavy atom. The van der Waals surface area contributed by atoms with E-state index in [9.17, 15) is 13.2 Å². The van der Waals surface area contributed by atoms with Crippen molar-refractivity contribution in [2.24, 2.45) is 0 Å². The van der Waals surface area contributed by atoms with Gasteiger partial charge in [0.15, 0.2) is 0 Å². The number of carbonyl (C=O) groups excluding carboxylic acids is 1. The molecule has 0 aromatic heterocycles. The van der Waals surface area contributed by atoms with Crippen LogP contribution in [0.15, 0.2) is 29.2 Å². The van der Waals surface area contributed by atoms with Crippen LogP contribution in [-0.4, -0.2) is 25.2 Å². The molecule has 0 N–H and O–H groups in total. The zero-order valence-corrected chi connectivity index (χ0v) is 13.7. The number of benzene rings is 1. The van der Waals surface area contributed by atoms with Crippen LogP contribution < -0.4 is 0 Å². The second-order valence-corrected chi connectivity index (χ2v) is 7.12. The van der Waals surface area contributed by atoms with E-state index in [0.29, 0.717) is 5.23 Å². The number of rotatable bonds is 5. The topological polar surface area (TPSA) is 72.9 Å². The Labute approximate surface area is 125 Å². The molecule has 0 fully saturated rings. The zero-order valence-electron chi connectivity index (χ0n) is 12.9. The highest BCUT2D eigenvalue weighted by Crippen LogP contribution is 2.21. The summed E-state index contributed by atoms with van der Waals surface area (Å²) < 4.78 is 29.4. The molecule has 6 nitrogen and oxygen atoms in total. The highest BCUT2D eigenvalue weighted by atomic mass is 32.2. The van der Waals surface area contributed by atoms with Crippen LogP contribution in [0, 0.1) is 6.92 Å². The van der Waals surface area contributed by atoms with E-state index < -0.39 is 21.6 Å². The third kappa shape index (κ3) is 5.11. The first-order valence-corrected chi connectivity index (χ1v) is 7.99. The average Bonchev–Trinajstić information content (AvgIpc) is 2.37. The monoisotopic (exact) mass is 315 g/mol. The quantitative estimate of drug-likeness (QED) is 0.778. The molecule has 0 aliphatic heterocycles. The molecule has 0 aliphatic rings. The predicted octanol–water partition coefficient (Wildman–Crippen LogP) is 2.58. The van der Waals surface area contributed by atoms with Crippen LogP contribution in [0.25, 0.3) is 0 Å². The van der Waals surface area contributed by atoms with Gasteiger partial charge in [-0.05, 0) is 39.8 Å². The van der Waals surface area contributed by atoms with E-state index in [-0.39, 0.29) is 11.3 Å². The van der Waals surface area contributed by atoms with Crippen molar-refractivity contribution in [1.29, 1.82) is 0 Å². The van der Waals surface area contributed by atoms with Crippen molar-refractivity contribution in [2.75, 3.05) is 0 Å². The van der Waals surface area contributed by atoms with E-state index in [1.807, 2.05) is 6.92 Å². The van der Waals surface area contributed by atoms with Gasteiger partial charge in [-0.2, -0.15) is 8.42 Å². The lowest BCUT2D eigenvalue weighted by Gasteiger charge is -2.30. The molecular weight excluding hydrogens is 294 g/mol. The minimum Gasteiger partial charge on any atom is -0.341 e. The second-order valence-electron chi connectivity index (χ2n) is 5.59. The predicted molar refractivity (Wildman–Crippen MR) is 77.4 cm³/mol. The molecule has 0 heterocycles. The summed E-state index contributed by atoms with van der Waals surface area (Å²) in [6.45, 7) is 8.46. The van der Waals surface area contributed by atoms with Gasteiger partial charge in [0.2, 0.25) is 0 Å². The van der Waals surface area contributed by atoms with Crippen LogP contribution in [0.1, 0.15) is 39.7 Å². The van der Waals surface area contributed by atoms with Gasteiger partial charge in [0.05, 0.1) is 10.4 Å². The smallest absolute Gasteiger partial charge is 0.327 e. The molecule has 1 aromatic carbocycles. The highest BCUT2D eigenvalue weighted by molar-refractivity contribution is 7.86. The molecule has 118 valence electrons. The SMILES string of the molecule is CCC(=O)ON(OS(=O)(=O)c1ccc(C)cc1)C(C)(C)C. The maximum atomic E-state index is 12.2. The third-order valence-corrected chi connectivity index (χ3v) is 3.68. The maximum Gasteiger partial charge on any atom is 0.327 e. The number of hydrogen-bond donors (Lipinski definition) is 0. The standard InChI is InChI=1S/C14H21NO5S/c1-6-13(16)19-15(14(3,4)5)20-21(17,18)12-9-7-11(2)8-10-12/h7-10H,6H2,1-5H3. The van der Waals surface area contributed by atoms with Gasteiger partial charge in [0.25, 0.3) is 0 Å². The van der Waals surface area contributed by atoms with Crippen LogP contribution in [0.2, 0.25) is 0 Å². The van der Waals surface area contributed by atoms with Crippen molar-refractivity contribution >= 4 is 16.1 Å². The number of carbonyl (C=O) groups is 1. The second kappa shape index (κ2) is 6.55. The molecule has 0 bridgehead atoms. The van der Waals surface area contributed by atoms with Crippen molar-refractivity contribution in [2.45, 2.75) is 51.5 Å². The largest absolute Gasteiger partial charge is 0.341 e. The van der Waals surface area contributed by atoms with Crippen LogP contribution in [0.4, 0.5) is 0 Å². The van der Waals surface area contributed by atoms with Crippen LogP contribution >= 0.6 is 0 Å². The lowest BCUT2D eigenvalue weighted by molar-refractivity contribution is -0.334. The highest BCUT2D eigenvalue weighted by Gasteiger charge is 2.32. The van der Waals surface area contributed by atoms with Crippen molar-refractivity contribution < 1.29 is 22.3 Å². The minimum absolute atomic E-state index is 0.00472. The molecule has 0 unspecified atom stereocenters. The number of aryl methyl sites for hydroxylation is 1. The first-order valence-electron chi connectivity index (χ1n) is 6.58. The number of nitrogens with zero attached hydrogens (tertiary/aromatic N) is 1. The van der Waals surface area contributed by atoms with Gasteiger partial charge in [0.1, 0.15) is 0 Å². The summed E-state index contributed by atoms with van der Waals surface area (Å²) in [5.41, 5.74) is 0.0989. The summed E-state index contributed by atoms with van der Waals surface area (Å²) in [6, 6.07) is 6.20.